The van der Waals surface area contributed by atoms with Gasteiger partial charge in [-0.1, -0.05) is 19.1 Å². The highest BCUT2D eigenvalue weighted by Gasteiger charge is 2.01. The Bertz CT molecular complexity index is 309. The van der Waals surface area contributed by atoms with E-state index in [1.807, 2.05) is 6.07 Å². The first-order chi connectivity index (χ1) is 6.65. The van der Waals surface area contributed by atoms with Crippen LogP contribution in [0.3, 0.4) is 0 Å². The monoisotopic (exact) mass is 305 g/mol. The second-order valence-corrected chi connectivity index (χ2v) is 3.90. The number of rotatable bonds is 2. The van der Waals surface area contributed by atoms with Gasteiger partial charge in [0.05, 0.1) is 0 Å². The Kier molecular flexibility index (Phi) is 7.28. The molecule has 76 valence electrons. The van der Waals surface area contributed by atoms with Gasteiger partial charge in [0.1, 0.15) is 0 Å². The van der Waals surface area contributed by atoms with Crippen LogP contribution in [-0.2, 0) is 9.59 Å². The Balaban J connectivity index is 0.000000500. The van der Waals surface area contributed by atoms with E-state index >= 15 is 0 Å². The van der Waals surface area contributed by atoms with Crippen LogP contribution in [-0.4, -0.2) is 6.15 Å². The van der Waals surface area contributed by atoms with Crippen LogP contribution in [0.4, 0.5) is 0 Å². The molecule has 0 aromatic heterocycles. The maximum absolute atomic E-state index is 8.12. The number of benzene rings is 1. The molecule has 0 aliphatic rings. The second kappa shape index (κ2) is 7.67. The molecule has 3 nitrogen and oxygen atoms in total. The molecule has 1 aromatic rings. The maximum Gasteiger partial charge on any atom is 0.373 e. The van der Waals surface area contributed by atoms with Crippen LogP contribution in [0.25, 0.3) is 0 Å². The Labute approximate surface area is 96.8 Å². The molecule has 4 heteroatoms. The topological polar surface area (TPSA) is 60.2 Å². The van der Waals surface area contributed by atoms with Crippen molar-refractivity contribution in [3.05, 3.63) is 33.4 Å². The van der Waals surface area contributed by atoms with Gasteiger partial charge in [-0.15, -0.1) is 0 Å². The standard InChI is InChI=1S/C9H12IN.CO2/c1-2-9(11)7-4-3-5-8(10)6-7;2-1-3/h3-6,9H,2,11H2,1H3;. The van der Waals surface area contributed by atoms with Crippen LogP contribution in [0.1, 0.15) is 24.9 Å². The molecule has 0 aliphatic heterocycles. The SMILES string of the molecule is CCC(N)c1cccc(I)c1.O=C=O. The van der Waals surface area contributed by atoms with Gasteiger partial charge in [-0.05, 0) is 46.7 Å². The molecular weight excluding hydrogens is 293 g/mol. The number of nitrogens with two attached hydrogens (primary N) is 1. The zero-order valence-electron chi connectivity index (χ0n) is 7.87. The minimum Gasteiger partial charge on any atom is -0.324 e. The summed E-state index contributed by atoms with van der Waals surface area (Å²) in [6.07, 6.45) is 1.25. The predicted octanol–water partition coefficient (Wildman–Crippen LogP) is 2.12. The van der Waals surface area contributed by atoms with Gasteiger partial charge in [-0.2, -0.15) is 9.59 Å². The van der Waals surface area contributed by atoms with Crippen molar-refractivity contribution in [2.75, 3.05) is 0 Å². The van der Waals surface area contributed by atoms with Crippen molar-refractivity contribution in [1.29, 1.82) is 0 Å². The van der Waals surface area contributed by atoms with E-state index in [2.05, 4.69) is 47.7 Å². The molecule has 1 unspecified atom stereocenters. The zero-order valence-corrected chi connectivity index (χ0v) is 10.0. The lowest BCUT2D eigenvalue weighted by atomic mass is 10.1. The van der Waals surface area contributed by atoms with Crippen molar-refractivity contribution in [1.82, 2.24) is 0 Å². The van der Waals surface area contributed by atoms with Crippen molar-refractivity contribution in [3.8, 4) is 0 Å². The van der Waals surface area contributed by atoms with Gasteiger partial charge in [0, 0.05) is 9.61 Å². The van der Waals surface area contributed by atoms with E-state index in [1.54, 1.807) is 0 Å². The third-order valence-corrected chi connectivity index (χ3v) is 2.39. The van der Waals surface area contributed by atoms with Crippen LogP contribution in [0.15, 0.2) is 24.3 Å². The van der Waals surface area contributed by atoms with Gasteiger partial charge >= 0.3 is 6.15 Å². The molecule has 0 aliphatic carbocycles. The quantitative estimate of drug-likeness (QED) is 0.851. The van der Waals surface area contributed by atoms with Gasteiger partial charge in [-0.25, -0.2) is 0 Å². The van der Waals surface area contributed by atoms with Crippen molar-refractivity contribution in [2.24, 2.45) is 5.73 Å². The van der Waals surface area contributed by atoms with Crippen molar-refractivity contribution in [3.63, 3.8) is 0 Å². The van der Waals surface area contributed by atoms with Crippen LogP contribution in [0.5, 0.6) is 0 Å². The molecule has 2 N–H and O–H groups in total. The lowest BCUT2D eigenvalue weighted by Crippen LogP contribution is -2.08. The van der Waals surface area contributed by atoms with Gasteiger partial charge in [0.15, 0.2) is 0 Å². The number of hydrogen-bond acceptors (Lipinski definition) is 3. The summed E-state index contributed by atoms with van der Waals surface area (Å²) in [5.74, 6) is 0. The fourth-order valence-corrected chi connectivity index (χ4v) is 1.54. The largest absolute Gasteiger partial charge is 0.373 e. The summed E-state index contributed by atoms with van der Waals surface area (Å²) in [5, 5.41) is 0. The molecule has 0 radical (unpaired) electrons. The van der Waals surface area contributed by atoms with Crippen LogP contribution in [0.2, 0.25) is 0 Å². The lowest BCUT2D eigenvalue weighted by molar-refractivity contribution is -0.191. The summed E-state index contributed by atoms with van der Waals surface area (Å²) in [6, 6.07) is 8.54. The van der Waals surface area contributed by atoms with Gasteiger partial charge in [-0.3, -0.25) is 0 Å². The molecule has 0 amide bonds. The Morgan fingerprint density at radius 3 is 2.50 bits per heavy atom. The fourth-order valence-electron chi connectivity index (χ4n) is 0.973. The smallest absolute Gasteiger partial charge is 0.324 e. The molecule has 14 heavy (non-hydrogen) atoms. The van der Waals surface area contributed by atoms with Gasteiger partial charge in [0.25, 0.3) is 0 Å². The predicted molar refractivity (Wildman–Crippen MR) is 61.4 cm³/mol. The highest BCUT2D eigenvalue weighted by Crippen LogP contribution is 2.15. The fraction of sp³-hybridized carbons (Fsp3) is 0.300. The summed E-state index contributed by atoms with van der Waals surface area (Å²) < 4.78 is 1.25. The highest BCUT2D eigenvalue weighted by molar-refractivity contribution is 14.1. The molecule has 0 saturated heterocycles. The lowest BCUT2D eigenvalue weighted by Gasteiger charge is -2.08. The van der Waals surface area contributed by atoms with Crippen LogP contribution < -0.4 is 5.73 Å². The van der Waals surface area contributed by atoms with E-state index in [1.165, 1.54) is 9.13 Å². The van der Waals surface area contributed by atoms with Gasteiger partial charge in [0.2, 0.25) is 0 Å². The molecular formula is C10H12INO2. The summed E-state index contributed by atoms with van der Waals surface area (Å²) in [7, 11) is 0. The Morgan fingerprint density at radius 1 is 1.50 bits per heavy atom. The van der Waals surface area contributed by atoms with E-state index in [-0.39, 0.29) is 12.2 Å². The average molecular weight is 305 g/mol. The van der Waals surface area contributed by atoms with E-state index in [4.69, 9.17) is 15.3 Å². The first-order valence-corrected chi connectivity index (χ1v) is 5.23. The van der Waals surface area contributed by atoms with Crippen LogP contribution >= 0.6 is 22.6 Å². The Hall–Kier alpha value is -0.710. The molecule has 0 spiro atoms. The summed E-state index contributed by atoms with van der Waals surface area (Å²) in [4.78, 5) is 16.2. The van der Waals surface area contributed by atoms with Crippen LogP contribution in [0, 0.1) is 3.57 Å². The van der Waals surface area contributed by atoms with E-state index in [9.17, 15) is 0 Å². The molecule has 1 atom stereocenters. The Morgan fingerprint density at radius 2 is 2.07 bits per heavy atom. The first-order valence-electron chi connectivity index (χ1n) is 4.16. The van der Waals surface area contributed by atoms with Gasteiger partial charge < -0.3 is 5.73 Å². The minimum atomic E-state index is 0.199. The van der Waals surface area contributed by atoms with Crippen molar-refractivity contribution < 1.29 is 9.59 Å². The normalized spacial score (nSPS) is 10.8. The minimum absolute atomic E-state index is 0.199. The number of halogens is 1. The molecule has 0 saturated carbocycles. The van der Waals surface area contributed by atoms with Crippen molar-refractivity contribution in [2.45, 2.75) is 19.4 Å². The second-order valence-electron chi connectivity index (χ2n) is 2.65. The molecule has 1 aromatic carbocycles. The number of hydrogen-bond donors (Lipinski definition) is 1. The molecule has 0 heterocycles. The molecule has 0 bridgehead atoms. The molecule has 0 fully saturated rings. The number of carbonyl (C=O) groups excluding carboxylic acids is 2. The summed E-state index contributed by atoms with van der Waals surface area (Å²) in [6.45, 7) is 2.10. The first kappa shape index (κ1) is 13.3. The van der Waals surface area contributed by atoms with E-state index in [0.717, 1.165) is 6.42 Å². The van der Waals surface area contributed by atoms with E-state index < -0.39 is 0 Å². The van der Waals surface area contributed by atoms with E-state index in [0.29, 0.717) is 0 Å². The molecule has 1 rings (SSSR count). The maximum atomic E-state index is 8.12. The third kappa shape index (κ3) is 5.11. The van der Waals surface area contributed by atoms with Crippen molar-refractivity contribution >= 4 is 28.7 Å². The third-order valence-electron chi connectivity index (χ3n) is 1.72. The zero-order chi connectivity index (χ0) is 11.0. The summed E-state index contributed by atoms with van der Waals surface area (Å²) in [5.41, 5.74) is 7.10. The highest BCUT2D eigenvalue weighted by atomic mass is 127. The summed E-state index contributed by atoms with van der Waals surface area (Å²) >= 11 is 2.30. The average Bonchev–Trinajstić information content (AvgIpc) is 2.18.